The molecule has 1 heterocycles. The van der Waals surface area contributed by atoms with Crippen LogP contribution in [0.4, 0.5) is 0 Å². The van der Waals surface area contributed by atoms with Crippen LogP contribution in [0.2, 0.25) is 0 Å². The lowest BCUT2D eigenvalue weighted by Gasteiger charge is -2.05. The molecule has 1 rings (SSSR count). The van der Waals surface area contributed by atoms with Gasteiger partial charge in [-0.25, -0.2) is 27.0 Å². The van der Waals surface area contributed by atoms with E-state index in [1.807, 2.05) is 6.92 Å². The molecule has 1 aromatic rings. The Morgan fingerprint density at radius 1 is 1.32 bits per heavy atom. The first kappa shape index (κ1) is 16.1. The van der Waals surface area contributed by atoms with Gasteiger partial charge in [0.1, 0.15) is 15.7 Å². The molecule has 0 saturated carbocycles. The van der Waals surface area contributed by atoms with Gasteiger partial charge in [-0.15, -0.1) is 0 Å². The predicted molar refractivity (Wildman–Crippen MR) is 71.9 cm³/mol. The van der Waals surface area contributed by atoms with Crippen molar-refractivity contribution in [3.8, 4) is 0 Å². The zero-order valence-electron chi connectivity index (χ0n) is 11.0. The van der Waals surface area contributed by atoms with E-state index in [0.29, 0.717) is 25.2 Å². The number of aromatic nitrogens is 2. The molecule has 0 fully saturated rings. The summed E-state index contributed by atoms with van der Waals surface area (Å²) in [4.78, 5) is 3.99. The van der Waals surface area contributed by atoms with Crippen LogP contribution in [-0.4, -0.2) is 38.4 Å². The summed E-state index contributed by atoms with van der Waals surface area (Å²) < 4.78 is 46.3. The van der Waals surface area contributed by atoms with Gasteiger partial charge in [0.15, 0.2) is 5.03 Å². The van der Waals surface area contributed by atoms with E-state index in [9.17, 15) is 16.8 Å². The molecular weight excluding hydrogens is 290 g/mol. The van der Waals surface area contributed by atoms with E-state index in [0.717, 1.165) is 6.42 Å². The molecule has 7 nitrogen and oxygen atoms in total. The molecule has 1 aromatic heterocycles. The van der Waals surface area contributed by atoms with E-state index < -0.39 is 19.9 Å². The molecule has 0 aromatic carbocycles. The van der Waals surface area contributed by atoms with Gasteiger partial charge in [0.2, 0.25) is 0 Å². The molecule has 110 valence electrons. The summed E-state index contributed by atoms with van der Waals surface area (Å²) >= 11 is 0. The number of aryl methyl sites for hydroxylation is 2. The molecule has 19 heavy (non-hydrogen) atoms. The van der Waals surface area contributed by atoms with Crippen molar-refractivity contribution in [1.82, 2.24) is 9.55 Å². The molecule has 0 bridgehead atoms. The minimum atomic E-state index is -3.83. The minimum absolute atomic E-state index is 0.0570. The van der Waals surface area contributed by atoms with Gasteiger partial charge in [-0.1, -0.05) is 6.92 Å². The Morgan fingerprint density at radius 3 is 2.42 bits per heavy atom. The smallest absolute Gasteiger partial charge is 0.257 e. The fraction of sp³-hybridized carbons (Fsp3) is 0.700. The fourth-order valence-electron chi connectivity index (χ4n) is 1.68. The van der Waals surface area contributed by atoms with Crippen LogP contribution in [0.15, 0.2) is 11.2 Å². The second-order valence-electron chi connectivity index (χ2n) is 4.47. The van der Waals surface area contributed by atoms with Crippen molar-refractivity contribution in [2.75, 3.05) is 12.0 Å². The molecule has 0 spiro atoms. The molecule has 9 heteroatoms. The summed E-state index contributed by atoms with van der Waals surface area (Å²) in [7, 11) is -6.84. The summed E-state index contributed by atoms with van der Waals surface area (Å²) in [5, 5.41) is 4.86. The Labute approximate surface area is 113 Å². The van der Waals surface area contributed by atoms with E-state index >= 15 is 0 Å². The highest BCUT2D eigenvalue weighted by Gasteiger charge is 2.16. The van der Waals surface area contributed by atoms with E-state index in [4.69, 9.17) is 5.14 Å². The number of nitrogens with zero attached hydrogens (tertiary/aromatic N) is 2. The minimum Gasteiger partial charge on any atom is -0.333 e. The third-order valence-electron chi connectivity index (χ3n) is 2.52. The second-order valence-corrected chi connectivity index (χ2v) is 8.24. The number of hydrogen-bond acceptors (Lipinski definition) is 5. The van der Waals surface area contributed by atoms with Crippen molar-refractivity contribution in [3.63, 3.8) is 0 Å². The number of hydrogen-bond donors (Lipinski definition) is 1. The van der Waals surface area contributed by atoms with Gasteiger partial charge in [-0.3, -0.25) is 0 Å². The van der Waals surface area contributed by atoms with Crippen LogP contribution >= 0.6 is 0 Å². The van der Waals surface area contributed by atoms with Crippen LogP contribution in [0.1, 0.15) is 25.6 Å². The molecule has 0 aliphatic heterocycles. The molecule has 0 aliphatic rings. The van der Waals surface area contributed by atoms with Gasteiger partial charge in [0.25, 0.3) is 10.0 Å². The van der Waals surface area contributed by atoms with E-state index in [1.54, 1.807) is 4.57 Å². The lowest BCUT2D eigenvalue weighted by molar-refractivity contribution is 0.585. The predicted octanol–water partition coefficient (Wildman–Crippen LogP) is -0.0823. The maximum Gasteiger partial charge on any atom is 0.257 e. The maximum atomic E-state index is 11.2. The Balaban J connectivity index is 2.89. The molecule has 0 aliphatic carbocycles. The first-order valence-electron chi connectivity index (χ1n) is 5.90. The van der Waals surface area contributed by atoms with Gasteiger partial charge in [0, 0.05) is 25.4 Å². The number of sulfonamides is 1. The molecule has 0 saturated heterocycles. The van der Waals surface area contributed by atoms with Crippen LogP contribution in [0, 0.1) is 0 Å². The van der Waals surface area contributed by atoms with Gasteiger partial charge < -0.3 is 4.57 Å². The van der Waals surface area contributed by atoms with Crippen molar-refractivity contribution in [2.24, 2.45) is 5.14 Å². The SMILES string of the molecule is CCCc1nc(S(N)(=O)=O)cn1CCCS(C)(=O)=O. The van der Waals surface area contributed by atoms with Crippen LogP contribution < -0.4 is 5.14 Å². The average molecular weight is 309 g/mol. The van der Waals surface area contributed by atoms with E-state index in [2.05, 4.69) is 4.98 Å². The van der Waals surface area contributed by atoms with E-state index in [1.165, 1.54) is 12.5 Å². The molecule has 0 amide bonds. The summed E-state index contributed by atoms with van der Waals surface area (Å²) in [6.45, 7) is 2.36. The topological polar surface area (TPSA) is 112 Å². The monoisotopic (exact) mass is 309 g/mol. The number of rotatable bonds is 7. The van der Waals surface area contributed by atoms with Crippen molar-refractivity contribution in [2.45, 2.75) is 37.8 Å². The number of primary sulfonamides is 1. The van der Waals surface area contributed by atoms with Gasteiger partial charge in [0.05, 0.1) is 5.75 Å². The molecular formula is C10H19N3O4S2. The Bertz CT molecular complexity index is 632. The molecule has 0 radical (unpaired) electrons. The summed E-state index contributed by atoms with van der Waals surface area (Å²) in [6.07, 6.45) is 4.38. The Morgan fingerprint density at radius 2 is 1.95 bits per heavy atom. The van der Waals surface area contributed by atoms with Gasteiger partial charge >= 0.3 is 0 Å². The van der Waals surface area contributed by atoms with Crippen LogP contribution in [0.25, 0.3) is 0 Å². The van der Waals surface area contributed by atoms with E-state index in [-0.39, 0.29) is 10.8 Å². The highest BCUT2D eigenvalue weighted by molar-refractivity contribution is 7.90. The van der Waals surface area contributed by atoms with Crippen molar-refractivity contribution < 1.29 is 16.8 Å². The normalized spacial score (nSPS) is 12.8. The van der Waals surface area contributed by atoms with Gasteiger partial charge in [-0.2, -0.15) is 0 Å². The third-order valence-corrected chi connectivity index (χ3v) is 4.33. The zero-order valence-corrected chi connectivity index (χ0v) is 12.7. The maximum absolute atomic E-state index is 11.2. The number of nitrogens with two attached hydrogens (primary N) is 1. The number of imidazole rings is 1. The summed E-state index contributed by atoms with van der Waals surface area (Å²) in [6, 6.07) is 0. The second kappa shape index (κ2) is 6.02. The molecule has 0 atom stereocenters. The van der Waals surface area contributed by atoms with Crippen LogP contribution in [0.5, 0.6) is 0 Å². The lowest BCUT2D eigenvalue weighted by atomic mass is 10.3. The molecule has 2 N–H and O–H groups in total. The molecule has 0 unspecified atom stereocenters. The lowest BCUT2D eigenvalue weighted by Crippen LogP contribution is -2.12. The highest BCUT2D eigenvalue weighted by Crippen LogP contribution is 2.11. The fourth-order valence-corrected chi connectivity index (χ4v) is 2.84. The Kier molecular flexibility index (Phi) is 5.11. The zero-order chi connectivity index (χ0) is 14.7. The van der Waals surface area contributed by atoms with Crippen molar-refractivity contribution in [1.29, 1.82) is 0 Å². The highest BCUT2D eigenvalue weighted by atomic mass is 32.2. The summed E-state index contributed by atoms with van der Waals surface area (Å²) in [5.41, 5.74) is 0. The first-order valence-corrected chi connectivity index (χ1v) is 9.50. The van der Waals surface area contributed by atoms with Crippen molar-refractivity contribution in [3.05, 3.63) is 12.0 Å². The van der Waals surface area contributed by atoms with Crippen LogP contribution in [0.3, 0.4) is 0 Å². The third kappa shape index (κ3) is 5.29. The van der Waals surface area contributed by atoms with Crippen molar-refractivity contribution >= 4 is 19.9 Å². The van der Waals surface area contributed by atoms with Crippen LogP contribution in [-0.2, 0) is 32.8 Å². The standard InChI is InChI=1S/C10H19N3O4S2/c1-3-5-9-12-10(19(11,16)17)8-13(9)6-4-7-18(2,14)15/h8H,3-7H2,1-2H3,(H2,11,16,17). The number of sulfone groups is 1. The average Bonchev–Trinajstić information content (AvgIpc) is 2.60. The first-order chi connectivity index (χ1) is 8.63. The largest absolute Gasteiger partial charge is 0.333 e. The quantitative estimate of drug-likeness (QED) is 0.757. The summed E-state index contributed by atoms with van der Waals surface area (Å²) in [5.74, 6) is 0.668. The van der Waals surface area contributed by atoms with Gasteiger partial charge in [-0.05, 0) is 12.8 Å². The Hall–Kier alpha value is -0.930.